The summed E-state index contributed by atoms with van der Waals surface area (Å²) in [5, 5.41) is 2.46. The molecule has 0 atom stereocenters. The maximum absolute atomic E-state index is 2.46. The number of anilines is 3. The van der Waals surface area contributed by atoms with Gasteiger partial charge in [-0.05, 0) is 97.4 Å². The third-order valence-corrected chi connectivity index (χ3v) is 11.5. The molecule has 242 valence electrons. The van der Waals surface area contributed by atoms with E-state index in [-0.39, 0.29) is 10.8 Å². The van der Waals surface area contributed by atoms with E-state index in [1.165, 1.54) is 66.4 Å². The van der Waals surface area contributed by atoms with E-state index in [1.54, 1.807) is 0 Å². The summed E-state index contributed by atoms with van der Waals surface area (Å²) in [5.41, 5.74) is 16.4. The van der Waals surface area contributed by atoms with Gasteiger partial charge < -0.3 is 4.90 Å². The number of fused-ring (bicyclic) bond motifs is 10. The first-order valence-corrected chi connectivity index (χ1v) is 18.0. The molecule has 1 spiro atoms. The zero-order valence-electron chi connectivity index (χ0n) is 28.8. The SMILES string of the molecule is CC1(C)c2ccccc2C2(c3ccccc3-c3cc(-c4ccc(N(c5ccccc5)c5ccccc5)c5ccccc45)ccc32)c2ccccc21. The number of rotatable bonds is 4. The van der Waals surface area contributed by atoms with E-state index in [0.29, 0.717) is 0 Å². The van der Waals surface area contributed by atoms with Gasteiger partial charge in [-0.15, -0.1) is 0 Å². The van der Waals surface area contributed by atoms with Gasteiger partial charge in [0, 0.05) is 22.2 Å². The zero-order chi connectivity index (χ0) is 34.2. The molecule has 8 aromatic rings. The molecule has 0 N–H and O–H groups in total. The van der Waals surface area contributed by atoms with Crippen LogP contribution in [0.5, 0.6) is 0 Å². The van der Waals surface area contributed by atoms with Crippen molar-refractivity contribution in [3.63, 3.8) is 0 Å². The zero-order valence-corrected chi connectivity index (χ0v) is 28.8. The van der Waals surface area contributed by atoms with Crippen LogP contribution in [0.2, 0.25) is 0 Å². The Bertz CT molecular complexity index is 2530. The van der Waals surface area contributed by atoms with Crippen molar-refractivity contribution in [2.24, 2.45) is 0 Å². The molecule has 0 bridgehead atoms. The van der Waals surface area contributed by atoms with Crippen LogP contribution in [-0.2, 0) is 10.8 Å². The summed E-state index contributed by atoms with van der Waals surface area (Å²) in [6, 6.07) is 69.5. The molecule has 10 rings (SSSR count). The van der Waals surface area contributed by atoms with Gasteiger partial charge in [-0.25, -0.2) is 0 Å². The first-order valence-electron chi connectivity index (χ1n) is 18.0. The van der Waals surface area contributed by atoms with E-state index in [9.17, 15) is 0 Å². The molecule has 0 radical (unpaired) electrons. The fourth-order valence-electron chi connectivity index (χ4n) is 9.34. The number of benzene rings is 8. The van der Waals surface area contributed by atoms with Crippen LogP contribution >= 0.6 is 0 Å². The number of hydrogen-bond acceptors (Lipinski definition) is 1. The highest BCUT2D eigenvalue weighted by molar-refractivity contribution is 6.07. The highest BCUT2D eigenvalue weighted by Crippen LogP contribution is 2.62. The molecule has 51 heavy (non-hydrogen) atoms. The second-order valence-electron chi connectivity index (χ2n) is 14.5. The Hall–Kier alpha value is -6.18. The fraction of sp³-hybridized carbons (Fsp3) is 0.0800. The number of nitrogens with zero attached hydrogens (tertiary/aromatic N) is 1. The van der Waals surface area contributed by atoms with Crippen LogP contribution in [0.3, 0.4) is 0 Å². The lowest BCUT2D eigenvalue weighted by molar-refractivity contribution is 0.563. The van der Waals surface area contributed by atoms with Crippen LogP contribution in [0, 0.1) is 0 Å². The monoisotopic (exact) mass is 651 g/mol. The molecule has 1 heteroatoms. The average molecular weight is 652 g/mol. The van der Waals surface area contributed by atoms with E-state index in [0.717, 1.165) is 17.1 Å². The fourth-order valence-corrected chi connectivity index (χ4v) is 9.34. The molecule has 0 fully saturated rings. The summed E-state index contributed by atoms with van der Waals surface area (Å²) in [5.74, 6) is 0. The lowest BCUT2D eigenvalue weighted by Gasteiger charge is -2.46. The lowest BCUT2D eigenvalue weighted by Crippen LogP contribution is -2.40. The van der Waals surface area contributed by atoms with Gasteiger partial charge in [0.05, 0.1) is 11.1 Å². The Morgan fingerprint density at radius 1 is 0.353 bits per heavy atom. The number of hydrogen-bond donors (Lipinski definition) is 0. The Morgan fingerprint density at radius 2 is 0.843 bits per heavy atom. The second kappa shape index (κ2) is 11.2. The molecule has 0 aliphatic heterocycles. The Labute approximate surface area is 300 Å². The van der Waals surface area contributed by atoms with Crippen LogP contribution in [0.15, 0.2) is 188 Å². The molecule has 8 aromatic carbocycles. The molecule has 2 aliphatic carbocycles. The summed E-state index contributed by atoms with van der Waals surface area (Å²) in [6.45, 7) is 4.77. The van der Waals surface area contributed by atoms with Crippen molar-refractivity contribution >= 4 is 27.8 Å². The van der Waals surface area contributed by atoms with Gasteiger partial charge in [0.25, 0.3) is 0 Å². The molecular formula is C50H37N. The maximum Gasteiger partial charge on any atom is 0.0719 e. The van der Waals surface area contributed by atoms with Gasteiger partial charge in [0.2, 0.25) is 0 Å². The van der Waals surface area contributed by atoms with E-state index in [4.69, 9.17) is 0 Å². The van der Waals surface area contributed by atoms with Crippen molar-refractivity contribution in [1.82, 2.24) is 0 Å². The molecule has 0 amide bonds. The quantitative estimate of drug-likeness (QED) is 0.183. The van der Waals surface area contributed by atoms with Crippen LogP contribution in [0.1, 0.15) is 47.2 Å². The third kappa shape index (κ3) is 4.15. The Kier molecular flexibility index (Phi) is 6.51. The normalized spacial score (nSPS) is 14.4. The highest BCUT2D eigenvalue weighted by Gasteiger charge is 2.53. The molecule has 0 saturated carbocycles. The minimum Gasteiger partial charge on any atom is -0.310 e. The summed E-state index contributed by atoms with van der Waals surface area (Å²) in [6.07, 6.45) is 0. The first kappa shape index (κ1) is 29.7. The van der Waals surface area contributed by atoms with E-state index >= 15 is 0 Å². The maximum atomic E-state index is 2.46. The van der Waals surface area contributed by atoms with Gasteiger partial charge in [-0.2, -0.15) is 0 Å². The minimum atomic E-state index is -0.384. The van der Waals surface area contributed by atoms with Crippen molar-refractivity contribution in [3.05, 3.63) is 221 Å². The van der Waals surface area contributed by atoms with Crippen molar-refractivity contribution < 1.29 is 0 Å². The van der Waals surface area contributed by atoms with E-state index in [1.807, 2.05) is 0 Å². The number of para-hydroxylation sites is 2. The van der Waals surface area contributed by atoms with Crippen molar-refractivity contribution in [1.29, 1.82) is 0 Å². The average Bonchev–Trinajstić information content (AvgIpc) is 3.48. The first-order chi connectivity index (χ1) is 25.1. The summed E-state index contributed by atoms with van der Waals surface area (Å²) in [4.78, 5) is 2.37. The van der Waals surface area contributed by atoms with Gasteiger partial charge in [0.15, 0.2) is 0 Å². The summed E-state index contributed by atoms with van der Waals surface area (Å²) < 4.78 is 0. The lowest BCUT2D eigenvalue weighted by atomic mass is 9.55. The van der Waals surface area contributed by atoms with Gasteiger partial charge in [-0.1, -0.05) is 166 Å². The van der Waals surface area contributed by atoms with Crippen molar-refractivity contribution in [2.45, 2.75) is 24.7 Å². The predicted molar refractivity (Wildman–Crippen MR) is 213 cm³/mol. The third-order valence-electron chi connectivity index (χ3n) is 11.5. The topological polar surface area (TPSA) is 3.24 Å². The Balaban J connectivity index is 1.20. The summed E-state index contributed by atoms with van der Waals surface area (Å²) >= 11 is 0. The molecule has 0 saturated heterocycles. The van der Waals surface area contributed by atoms with Crippen LogP contribution in [0.25, 0.3) is 33.0 Å². The molecule has 0 heterocycles. The summed E-state index contributed by atoms with van der Waals surface area (Å²) in [7, 11) is 0. The molecule has 0 unspecified atom stereocenters. The predicted octanol–water partition coefficient (Wildman–Crippen LogP) is 13.0. The van der Waals surface area contributed by atoms with Crippen LogP contribution < -0.4 is 4.90 Å². The molecule has 1 nitrogen and oxygen atoms in total. The van der Waals surface area contributed by atoms with Crippen LogP contribution in [0.4, 0.5) is 17.1 Å². The Morgan fingerprint density at radius 3 is 1.47 bits per heavy atom. The van der Waals surface area contributed by atoms with Gasteiger partial charge in [0.1, 0.15) is 0 Å². The highest BCUT2D eigenvalue weighted by atomic mass is 15.1. The van der Waals surface area contributed by atoms with Crippen LogP contribution in [-0.4, -0.2) is 0 Å². The van der Waals surface area contributed by atoms with Gasteiger partial charge >= 0.3 is 0 Å². The van der Waals surface area contributed by atoms with Gasteiger partial charge in [-0.3, -0.25) is 0 Å². The molecule has 0 aromatic heterocycles. The largest absolute Gasteiger partial charge is 0.310 e. The van der Waals surface area contributed by atoms with E-state index in [2.05, 4.69) is 207 Å². The van der Waals surface area contributed by atoms with E-state index < -0.39 is 0 Å². The molecular weight excluding hydrogens is 615 g/mol. The standard InChI is InChI=1S/C50H37N/c1-49(2)44-25-13-15-27-46(44)50(47-28-16-14-26-45(47)49)42-24-12-11-22-39(42)41-33-34(29-31-43(41)50)37-30-32-48(40-23-10-9-21-38(37)40)51(35-17-5-3-6-18-35)36-19-7-4-8-20-36/h3-33H,1-2H3. The van der Waals surface area contributed by atoms with Crippen molar-refractivity contribution in [2.75, 3.05) is 4.90 Å². The molecule has 2 aliphatic rings. The second-order valence-corrected chi connectivity index (χ2v) is 14.5. The van der Waals surface area contributed by atoms with Crippen molar-refractivity contribution in [3.8, 4) is 22.3 Å². The smallest absolute Gasteiger partial charge is 0.0719 e. The minimum absolute atomic E-state index is 0.107.